The lowest BCUT2D eigenvalue weighted by Crippen LogP contribution is -2.52. The molecule has 1 heterocycles. The van der Waals surface area contributed by atoms with Crippen LogP contribution in [0.15, 0.2) is 12.1 Å². The molecule has 2 unspecified atom stereocenters. The molecule has 0 N–H and O–H groups in total. The fourth-order valence-electron chi connectivity index (χ4n) is 4.88. The number of aryl methyl sites for hydroxylation is 2. The number of anilines is 1. The Morgan fingerprint density at radius 3 is 2.35 bits per heavy atom. The van der Waals surface area contributed by atoms with E-state index in [1.54, 1.807) is 16.7 Å². The summed E-state index contributed by atoms with van der Waals surface area (Å²) < 4.78 is 2.59. The highest BCUT2D eigenvalue weighted by Crippen LogP contribution is 2.60. The Balaban J connectivity index is 1.92. The summed E-state index contributed by atoms with van der Waals surface area (Å²) in [7, 11) is 0. The molecule has 0 amide bonds. The molecule has 3 aliphatic rings. The summed E-state index contributed by atoms with van der Waals surface area (Å²) in [5, 5.41) is 0. The predicted octanol–water partition coefficient (Wildman–Crippen LogP) is 5.33. The van der Waals surface area contributed by atoms with Crippen molar-refractivity contribution in [1.82, 2.24) is 0 Å². The molecule has 1 aliphatic heterocycles. The molecule has 4 rings (SSSR count). The smallest absolute Gasteiger partial charge is 0.0597 e. The van der Waals surface area contributed by atoms with E-state index in [1.807, 2.05) is 0 Å². The Kier molecular flexibility index (Phi) is 2.93. The Bertz CT molecular complexity index is 567. The van der Waals surface area contributed by atoms with Crippen LogP contribution in [-0.2, 0) is 18.3 Å². The molecule has 0 aromatic heterocycles. The molecule has 1 aromatic carbocycles. The molecule has 1 fully saturated rings. The molecular formula is C18H24IN. The average molecular weight is 381 g/mol. The Hall–Kier alpha value is -0.250. The van der Waals surface area contributed by atoms with Gasteiger partial charge in [-0.15, -0.1) is 0 Å². The van der Waals surface area contributed by atoms with E-state index in [-0.39, 0.29) is 0 Å². The van der Waals surface area contributed by atoms with Crippen LogP contribution in [0, 0.1) is 0 Å². The summed E-state index contributed by atoms with van der Waals surface area (Å²) in [4.78, 5) is 0. The predicted molar refractivity (Wildman–Crippen MR) is 93.8 cm³/mol. The molecule has 1 saturated carbocycles. The maximum Gasteiger partial charge on any atom is 0.0597 e. The minimum absolute atomic E-state index is 0.318. The number of rotatable bonds is 0. The van der Waals surface area contributed by atoms with Gasteiger partial charge >= 0.3 is 0 Å². The summed E-state index contributed by atoms with van der Waals surface area (Å²) in [5.41, 5.74) is 7.12. The minimum Gasteiger partial charge on any atom is -0.308 e. The molecule has 1 aromatic rings. The fraction of sp³-hybridized carbons (Fsp3) is 0.667. The van der Waals surface area contributed by atoms with Crippen LogP contribution < -0.4 is 3.11 Å². The van der Waals surface area contributed by atoms with E-state index in [4.69, 9.17) is 0 Å². The van der Waals surface area contributed by atoms with Crippen LogP contribution in [0.5, 0.6) is 0 Å². The van der Waals surface area contributed by atoms with E-state index in [1.165, 1.54) is 57.1 Å². The van der Waals surface area contributed by atoms with Crippen molar-refractivity contribution in [3.05, 3.63) is 28.8 Å². The van der Waals surface area contributed by atoms with Crippen LogP contribution in [0.3, 0.4) is 0 Å². The van der Waals surface area contributed by atoms with Gasteiger partial charge in [0.2, 0.25) is 0 Å². The Morgan fingerprint density at radius 1 is 0.950 bits per heavy atom. The van der Waals surface area contributed by atoms with E-state index in [0.717, 1.165) is 0 Å². The number of benzene rings is 1. The summed E-state index contributed by atoms with van der Waals surface area (Å²) >= 11 is 2.59. The summed E-state index contributed by atoms with van der Waals surface area (Å²) in [6, 6.07) is 5.12. The van der Waals surface area contributed by atoms with Crippen molar-refractivity contribution in [2.75, 3.05) is 3.11 Å². The van der Waals surface area contributed by atoms with Gasteiger partial charge in [0, 0.05) is 5.41 Å². The lowest BCUT2D eigenvalue weighted by atomic mass is 9.62. The quantitative estimate of drug-likeness (QED) is 0.434. The first-order valence-corrected chi connectivity index (χ1v) is 9.15. The third-order valence-electron chi connectivity index (χ3n) is 6.48. The molecule has 0 saturated heterocycles. The van der Waals surface area contributed by atoms with Crippen LogP contribution in [-0.4, -0.2) is 5.54 Å². The summed E-state index contributed by atoms with van der Waals surface area (Å²) in [5.74, 6) is 0. The van der Waals surface area contributed by atoms with Gasteiger partial charge in [-0.3, -0.25) is 0 Å². The first-order valence-electron chi connectivity index (χ1n) is 8.19. The van der Waals surface area contributed by atoms with E-state index in [2.05, 4.69) is 52.0 Å². The molecule has 2 atom stereocenters. The van der Waals surface area contributed by atoms with Gasteiger partial charge in [-0.05, 0) is 68.2 Å². The molecule has 2 aliphatic carbocycles. The van der Waals surface area contributed by atoms with Crippen molar-refractivity contribution in [2.24, 2.45) is 0 Å². The first kappa shape index (κ1) is 13.4. The largest absolute Gasteiger partial charge is 0.308 e. The number of halogens is 1. The molecular weight excluding hydrogens is 357 g/mol. The average Bonchev–Trinajstić information content (AvgIpc) is 2.64. The van der Waals surface area contributed by atoms with Crippen molar-refractivity contribution in [1.29, 1.82) is 0 Å². The van der Waals surface area contributed by atoms with Crippen molar-refractivity contribution in [2.45, 2.75) is 76.2 Å². The van der Waals surface area contributed by atoms with Crippen LogP contribution >= 0.6 is 22.9 Å². The zero-order valence-electron chi connectivity index (χ0n) is 12.6. The van der Waals surface area contributed by atoms with Crippen LogP contribution in [0.25, 0.3) is 0 Å². The zero-order valence-corrected chi connectivity index (χ0v) is 14.8. The lowest BCUT2D eigenvalue weighted by Gasteiger charge is -2.48. The van der Waals surface area contributed by atoms with Gasteiger partial charge < -0.3 is 3.11 Å². The van der Waals surface area contributed by atoms with E-state index in [0.29, 0.717) is 11.0 Å². The molecule has 1 nitrogen and oxygen atoms in total. The third kappa shape index (κ3) is 1.55. The van der Waals surface area contributed by atoms with Crippen LogP contribution in [0.4, 0.5) is 5.69 Å². The third-order valence-corrected chi connectivity index (χ3v) is 8.06. The zero-order chi connectivity index (χ0) is 14.0. The van der Waals surface area contributed by atoms with Crippen molar-refractivity contribution in [3.8, 4) is 0 Å². The summed E-state index contributed by atoms with van der Waals surface area (Å²) in [6.45, 7) is 5.02. The SMILES string of the molecule is CC12CCCCC1(C)N(I)c1cc3c(cc12)CCCC3. The maximum absolute atomic E-state index is 2.59. The second kappa shape index (κ2) is 4.37. The minimum atomic E-state index is 0.318. The van der Waals surface area contributed by atoms with Crippen molar-refractivity contribution < 1.29 is 0 Å². The molecule has 2 heteroatoms. The van der Waals surface area contributed by atoms with Gasteiger partial charge in [0.25, 0.3) is 0 Å². The van der Waals surface area contributed by atoms with Gasteiger partial charge in [-0.2, -0.15) is 0 Å². The normalized spacial score (nSPS) is 35.5. The maximum atomic E-state index is 2.59. The van der Waals surface area contributed by atoms with E-state index in [9.17, 15) is 0 Å². The number of hydrogen-bond acceptors (Lipinski definition) is 1. The topological polar surface area (TPSA) is 3.24 Å². The highest BCUT2D eigenvalue weighted by Gasteiger charge is 2.56. The lowest BCUT2D eigenvalue weighted by molar-refractivity contribution is 0.205. The Labute approximate surface area is 136 Å². The summed E-state index contributed by atoms with van der Waals surface area (Å²) in [6.07, 6.45) is 10.8. The highest BCUT2D eigenvalue weighted by molar-refractivity contribution is 14.1. The second-order valence-corrected chi connectivity index (χ2v) is 8.40. The van der Waals surface area contributed by atoms with Gasteiger partial charge in [0.05, 0.1) is 34.1 Å². The highest BCUT2D eigenvalue weighted by atomic mass is 127. The molecule has 0 spiro atoms. The number of nitrogens with zero attached hydrogens (tertiary/aromatic N) is 1. The fourth-order valence-corrected chi connectivity index (χ4v) is 6.05. The first-order chi connectivity index (χ1) is 9.56. The monoisotopic (exact) mass is 381 g/mol. The number of fused-ring (bicyclic) bond motifs is 4. The van der Waals surface area contributed by atoms with Crippen LogP contribution in [0.2, 0.25) is 0 Å². The number of hydrogen-bond donors (Lipinski definition) is 0. The molecule has 0 bridgehead atoms. The van der Waals surface area contributed by atoms with Crippen molar-refractivity contribution >= 4 is 28.6 Å². The molecule has 0 radical (unpaired) electrons. The second-order valence-electron chi connectivity index (χ2n) is 7.44. The van der Waals surface area contributed by atoms with Crippen LogP contribution in [0.1, 0.15) is 69.1 Å². The van der Waals surface area contributed by atoms with Gasteiger partial charge in [0.15, 0.2) is 0 Å². The van der Waals surface area contributed by atoms with Gasteiger partial charge in [-0.1, -0.05) is 25.8 Å². The van der Waals surface area contributed by atoms with E-state index >= 15 is 0 Å². The van der Waals surface area contributed by atoms with Gasteiger partial charge in [-0.25, -0.2) is 0 Å². The van der Waals surface area contributed by atoms with E-state index < -0.39 is 0 Å². The van der Waals surface area contributed by atoms with Crippen molar-refractivity contribution in [3.63, 3.8) is 0 Å². The molecule has 20 heavy (non-hydrogen) atoms. The van der Waals surface area contributed by atoms with Gasteiger partial charge in [0.1, 0.15) is 0 Å². The Morgan fingerprint density at radius 2 is 1.60 bits per heavy atom. The molecule has 108 valence electrons. The standard InChI is InChI=1S/C18H24IN/c1-17-9-5-6-10-18(17,2)20(19)16-12-14-8-4-3-7-13(14)11-15(16)17/h11-12H,3-10H2,1-2H3.